The van der Waals surface area contributed by atoms with E-state index in [1.807, 2.05) is 18.0 Å². The van der Waals surface area contributed by atoms with Crippen molar-refractivity contribution in [2.45, 2.75) is 64.3 Å². The van der Waals surface area contributed by atoms with E-state index in [2.05, 4.69) is 18.8 Å². The zero-order chi connectivity index (χ0) is 15.4. The van der Waals surface area contributed by atoms with Crippen molar-refractivity contribution in [1.82, 2.24) is 9.88 Å². The van der Waals surface area contributed by atoms with Crippen LogP contribution in [0.15, 0.2) is 12.1 Å². The Labute approximate surface area is 127 Å². The third-order valence-electron chi connectivity index (χ3n) is 4.40. The van der Waals surface area contributed by atoms with E-state index in [4.69, 9.17) is 5.73 Å². The number of pyridine rings is 1. The lowest BCUT2D eigenvalue weighted by Crippen LogP contribution is -2.36. The molecule has 1 amide bonds. The highest BCUT2D eigenvalue weighted by Crippen LogP contribution is 2.23. The molecule has 116 valence electrons. The van der Waals surface area contributed by atoms with Gasteiger partial charge in [-0.05, 0) is 30.9 Å². The zero-order valence-electron chi connectivity index (χ0n) is 13.4. The maximum atomic E-state index is 12.7. The lowest BCUT2D eigenvalue weighted by atomic mass is 10.0. The van der Waals surface area contributed by atoms with Gasteiger partial charge in [0.15, 0.2) is 0 Å². The second kappa shape index (κ2) is 6.92. The third kappa shape index (κ3) is 3.96. The quantitative estimate of drug-likeness (QED) is 0.865. The summed E-state index contributed by atoms with van der Waals surface area (Å²) in [6.07, 6.45) is 7.24. The number of carbonyl (C=O) groups excluding carboxylic acids is 1. The summed E-state index contributed by atoms with van der Waals surface area (Å²) in [5.41, 5.74) is 7.40. The van der Waals surface area contributed by atoms with Crippen molar-refractivity contribution in [1.29, 1.82) is 0 Å². The number of nitrogens with zero attached hydrogens (tertiary/aromatic N) is 2. The van der Waals surface area contributed by atoms with E-state index >= 15 is 0 Å². The van der Waals surface area contributed by atoms with E-state index in [1.54, 1.807) is 6.07 Å². The second-order valence-electron chi connectivity index (χ2n) is 6.42. The van der Waals surface area contributed by atoms with Crippen LogP contribution in [0.25, 0.3) is 0 Å². The molecule has 0 unspecified atom stereocenters. The monoisotopic (exact) mass is 289 g/mol. The minimum Gasteiger partial charge on any atom is -0.384 e. The summed E-state index contributed by atoms with van der Waals surface area (Å²) < 4.78 is 0. The summed E-state index contributed by atoms with van der Waals surface area (Å²) >= 11 is 0. The Bertz CT molecular complexity index is 491. The molecule has 1 aliphatic rings. The van der Waals surface area contributed by atoms with Crippen LogP contribution in [0.3, 0.4) is 0 Å². The van der Waals surface area contributed by atoms with Crippen LogP contribution in [0.2, 0.25) is 0 Å². The Morgan fingerprint density at radius 2 is 1.86 bits per heavy atom. The highest BCUT2D eigenvalue weighted by molar-refractivity contribution is 5.95. The van der Waals surface area contributed by atoms with Crippen molar-refractivity contribution in [2.24, 2.45) is 0 Å². The van der Waals surface area contributed by atoms with Crippen molar-refractivity contribution in [2.75, 3.05) is 12.8 Å². The molecule has 4 heteroatoms. The van der Waals surface area contributed by atoms with Crippen LogP contribution in [-0.4, -0.2) is 28.9 Å². The molecule has 0 radical (unpaired) electrons. The standard InChI is InChI=1S/C17H27N3O/c1-12(2)15-10-13(11-16(18)19-15)17(21)20(3)14-8-6-4-5-7-9-14/h10-12,14H,4-9H2,1-3H3,(H2,18,19). The maximum Gasteiger partial charge on any atom is 0.254 e. The zero-order valence-corrected chi connectivity index (χ0v) is 13.4. The van der Waals surface area contributed by atoms with Crippen LogP contribution in [-0.2, 0) is 0 Å². The van der Waals surface area contributed by atoms with Gasteiger partial charge in [-0.25, -0.2) is 4.98 Å². The Morgan fingerprint density at radius 1 is 1.24 bits per heavy atom. The number of nitrogen functional groups attached to an aromatic ring is 1. The molecule has 1 fully saturated rings. The van der Waals surface area contributed by atoms with Gasteiger partial charge in [0, 0.05) is 24.3 Å². The predicted molar refractivity (Wildman–Crippen MR) is 86.3 cm³/mol. The Morgan fingerprint density at radius 3 is 2.43 bits per heavy atom. The van der Waals surface area contributed by atoms with Crippen LogP contribution in [0.4, 0.5) is 5.82 Å². The molecule has 0 aliphatic heterocycles. The average Bonchev–Trinajstić information content (AvgIpc) is 2.74. The summed E-state index contributed by atoms with van der Waals surface area (Å²) in [5, 5.41) is 0. The predicted octanol–water partition coefficient (Wildman–Crippen LogP) is 3.58. The topological polar surface area (TPSA) is 59.2 Å². The molecule has 0 aromatic carbocycles. The summed E-state index contributed by atoms with van der Waals surface area (Å²) in [5.74, 6) is 0.764. The van der Waals surface area contributed by atoms with Crippen molar-refractivity contribution in [3.63, 3.8) is 0 Å². The van der Waals surface area contributed by atoms with Gasteiger partial charge in [0.2, 0.25) is 0 Å². The number of carbonyl (C=O) groups is 1. The fraction of sp³-hybridized carbons (Fsp3) is 0.647. The fourth-order valence-corrected chi connectivity index (χ4v) is 3.01. The van der Waals surface area contributed by atoms with E-state index in [9.17, 15) is 4.79 Å². The average molecular weight is 289 g/mol. The minimum atomic E-state index is 0.0675. The van der Waals surface area contributed by atoms with E-state index in [-0.39, 0.29) is 11.8 Å². The van der Waals surface area contributed by atoms with Gasteiger partial charge in [0.05, 0.1) is 0 Å². The molecule has 0 saturated heterocycles. The van der Waals surface area contributed by atoms with E-state index in [0.717, 1.165) is 18.5 Å². The molecule has 21 heavy (non-hydrogen) atoms. The normalized spacial score (nSPS) is 16.8. The number of hydrogen-bond donors (Lipinski definition) is 1. The van der Waals surface area contributed by atoms with Gasteiger partial charge in [-0.1, -0.05) is 39.5 Å². The first-order valence-electron chi connectivity index (χ1n) is 8.03. The molecule has 1 heterocycles. The summed E-state index contributed by atoms with van der Waals surface area (Å²) in [4.78, 5) is 18.9. The lowest BCUT2D eigenvalue weighted by molar-refractivity contribution is 0.0717. The van der Waals surface area contributed by atoms with E-state index in [0.29, 0.717) is 17.4 Å². The molecule has 0 atom stereocenters. The molecular formula is C17H27N3O. The fourth-order valence-electron chi connectivity index (χ4n) is 3.01. The molecule has 4 nitrogen and oxygen atoms in total. The number of aromatic nitrogens is 1. The molecule has 2 rings (SSSR count). The number of rotatable bonds is 3. The van der Waals surface area contributed by atoms with Crippen LogP contribution < -0.4 is 5.73 Å². The van der Waals surface area contributed by atoms with Crippen molar-refractivity contribution in [3.8, 4) is 0 Å². The molecule has 0 spiro atoms. The maximum absolute atomic E-state index is 12.7. The van der Waals surface area contributed by atoms with Crippen molar-refractivity contribution >= 4 is 11.7 Å². The molecule has 1 saturated carbocycles. The Hall–Kier alpha value is -1.58. The molecular weight excluding hydrogens is 262 g/mol. The molecule has 1 aromatic rings. The molecule has 2 N–H and O–H groups in total. The van der Waals surface area contributed by atoms with Gasteiger partial charge in [0.1, 0.15) is 5.82 Å². The van der Waals surface area contributed by atoms with Gasteiger partial charge in [-0.2, -0.15) is 0 Å². The summed E-state index contributed by atoms with van der Waals surface area (Å²) in [7, 11) is 1.92. The van der Waals surface area contributed by atoms with Gasteiger partial charge in [0.25, 0.3) is 5.91 Å². The number of nitrogens with two attached hydrogens (primary N) is 1. The number of amides is 1. The van der Waals surface area contributed by atoms with Gasteiger partial charge in [-0.3, -0.25) is 4.79 Å². The highest BCUT2D eigenvalue weighted by Gasteiger charge is 2.23. The van der Waals surface area contributed by atoms with Crippen LogP contribution in [0, 0.1) is 0 Å². The van der Waals surface area contributed by atoms with Gasteiger partial charge >= 0.3 is 0 Å². The summed E-state index contributed by atoms with van der Waals surface area (Å²) in [6.45, 7) is 4.12. The Kier molecular flexibility index (Phi) is 5.21. The molecule has 0 bridgehead atoms. The van der Waals surface area contributed by atoms with Crippen LogP contribution >= 0.6 is 0 Å². The van der Waals surface area contributed by atoms with Crippen LogP contribution in [0.5, 0.6) is 0 Å². The summed E-state index contributed by atoms with van der Waals surface area (Å²) in [6, 6.07) is 3.94. The second-order valence-corrected chi connectivity index (χ2v) is 6.42. The first-order valence-corrected chi connectivity index (χ1v) is 8.03. The van der Waals surface area contributed by atoms with Gasteiger partial charge < -0.3 is 10.6 Å². The minimum absolute atomic E-state index is 0.0675. The van der Waals surface area contributed by atoms with E-state index < -0.39 is 0 Å². The first-order chi connectivity index (χ1) is 9.99. The SMILES string of the molecule is CC(C)c1cc(C(=O)N(C)C2CCCCCC2)cc(N)n1. The molecule has 1 aliphatic carbocycles. The highest BCUT2D eigenvalue weighted by atomic mass is 16.2. The van der Waals surface area contributed by atoms with E-state index in [1.165, 1.54) is 25.7 Å². The number of hydrogen-bond acceptors (Lipinski definition) is 3. The number of anilines is 1. The van der Waals surface area contributed by atoms with Crippen molar-refractivity contribution < 1.29 is 4.79 Å². The third-order valence-corrected chi connectivity index (χ3v) is 4.40. The smallest absolute Gasteiger partial charge is 0.254 e. The molecule has 1 aromatic heterocycles. The van der Waals surface area contributed by atoms with Crippen molar-refractivity contribution in [3.05, 3.63) is 23.4 Å². The first kappa shape index (κ1) is 15.8. The lowest BCUT2D eigenvalue weighted by Gasteiger charge is -2.27. The van der Waals surface area contributed by atoms with Gasteiger partial charge in [-0.15, -0.1) is 0 Å². The largest absolute Gasteiger partial charge is 0.384 e. The van der Waals surface area contributed by atoms with Crippen LogP contribution in [0.1, 0.15) is 74.3 Å². The Balaban J connectivity index is 2.18.